The highest BCUT2D eigenvalue weighted by Gasteiger charge is 2.45. The number of nitrogens with zero attached hydrogens (tertiary/aromatic N) is 4. The molecule has 3 unspecified atom stereocenters. The van der Waals surface area contributed by atoms with Gasteiger partial charge < -0.3 is 15.5 Å². The van der Waals surface area contributed by atoms with E-state index in [-0.39, 0.29) is 41.4 Å². The number of aryl methyl sites for hydroxylation is 1. The molecule has 170 valence electrons. The number of pyridine rings is 1. The van der Waals surface area contributed by atoms with Gasteiger partial charge in [0.25, 0.3) is 5.91 Å². The molecule has 10 heteroatoms. The van der Waals surface area contributed by atoms with Crippen LogP contribution in [0.4, 0.5) is 10.9 Å². The maximum absolute atomic E-state index is 13.3. The summed E-state index contributed by atoms with van der Waals surface area (Å²) >= 11 is 1.30. The summed E-state index contributed by atoms with van der Waals surface area (Å²) < 4.78 is 0. The van der Waals surface area contributed by atoms with Gasteiger partial charge in [0.1, 0.15) is 5.82 Å². The van der Waals surface area contributed by atoms with Crippen LogP contribution >= 0.6 is 11.3 Å². The first-order chi connectivity index (χ1) is 15.8. The number of nitriles is 1. The second-order valence-corrected chi connectivity index (χ2v) is 10.1. The summed E-state index contributed by atoms with van der Waals surface area (Å²) in [5.41, 5.74) is 2.54. The van der Waals surface area contributed by atoms with Crippen LogP contribution in [0.25, 0.3) is 10.6 Å². The Morgan fingerprint density at radius 2 is 2.06 bits per heavy atom. The first-order valence-corrected chi connectivity index (χ1v) is 11.9. The fraction of sp³-hybridized carbons (Fsp3) is 0.478. The largest absolute Gasteiger partial charge is 0.331 e. The molecule has 2 aliphatic carbocycles. The molecule has 3 atom stereocenters. The molecule has 2 aromatic heterocycles. The predicted molar refractivity (Wildman–Crippen MR) is 122 cm³/mol. The minimum atomic E-state index is -0.370. The van der Waals surface area contributed by atoms with Crippen LogP contribution in [0, 0.1) is 36.0 Å². The van der Waals surface area contributed by atoms with Gasteiger partial charge in [0, 0.05) is 19.5 Å². The van der Waals surface area contributed by atoms with Gasteiger partial charge in [0.15, 0.2) is 5.13 Å². The van der Waals surface area contributed by atoms with Crippen LogP contribution in [-0.2, 0) is 16.1 Å². The lowest BCUT2D eigenvalue weighted by Gasteiger charge is -2.24. The number of amides is 3. The molecule has 0 saturated heterocycles. The predicted octanol–water partition coefficient (Wildman–Crippen LogP) is 3.32. The van der Waals surface area contributed by atoms with E-state index in [1.54, 1.807) is 0 Å². The van der Waals surface area contributed by atoms with Crippen LogP contribution in [0.1, 0.15) is 54.7 Å². The third-order valence-electron chi connectivity index (χ3n) is 6.56. The average Bonchev–Trinajstić information content (AvgIpc) is 3.67. The number of thiazole rings is 1. The lowest BCUT2D eigenvalue weighted by molar-refractivity contribution is -0.117. The zero-order valence-corrected chi connectivity index (χ0v) is 19.5. The van der Waals surface area contributed by atoms with Gasteiger partial charge in [-0.05, 0) is 50.7 Å². The number of aromatic nitrogens is 2. The summed E-state index contributed by atoms with van der Waals surface area (Å²) in [5, 5.41) is 15.1. The van der Waals surface area contributed by atoms with Crippen molar-refractivity contribution in [2.24, 2.45) is 17.8 Å². The van der Waals surface area contributed by atoms with Crippen LogP contribution in [0.5, 0.6) is 0 Å². The van der Waals surface area contributed by atoms with Crippen molar-refractivity contribution in [3.05, 3.63) is 22.9 Å². The highest BCUT2D eigenvalue weighted by molar-refractivity contribution is 7.19. The van der Waals surface area contributed by atoms with Crippen molar-refractivity contribution < 1.29 is 14.4 Å². The van der Waals surface area contributed by atoms with Gasteiger partial charge in [0.2, 0.25) is 11.8 Å². The summed E-state index contributed by atoms with van der Waals surface area (Å²) in [6.07, 6.45) is 2.77. The molecular formula is C23H24N6O3S. The summed E-state index contributed by atoms with van der Waals surface area (Å²) in [6, 6.07) is 4.13. The van der Waals surface area contributed by atoms with Gasteiger partial charge in [-0.3, -0.25) is 14.4 Å². The first-order valence-electron chi connectivity index (χ1n) is 11.1. The molecule has 1 aliphatic heterocycles. The molecule has 2 aromatic rings. The standard InChI is InChI=1S/C23H24N6O3S/c1-10-19(33-23(25-10)26-12(3)30)17-7-15-9-29(11(2)13-4-5-13)22(32)18(15)20(27-17)28-21(31)16-6-14(16)8-24/h7,11,13-14,16H,4-6,9H2,1-3H3,(H,25,26,30)(H,27,28,31). The zero-order chi connectivity index (χ0) is 23.4. The highest BCUT2D eigenvalue weighted by atomic mass is 32.1. The van der Waals surface area contributed by atoms with E-state index in [1.807, 2.05) is 17.9 Å². The second kappa shape index (κ2) is 7.92. The minimum Gasteiger partial charge on any atom is -0.331 e. The smallest absolute Gasteiger partial charge is 0.258 e. The lowest BCUT2D eigenvalue weighted by atomic mass is 10.1. The number of carbonyl (C=O) groups is 3. The molecule has 3 amide bonds. The summed E-state index contributed by atoms with van der Waals surface area (Å²) in [4.78, 5) is 49.2. The van der Waals surface area contributed by atoms with Crippen molar-refractivity contribution in [2.75, 3.05) is 10.6 Å². The number of nitrogens with one attached hydrogen (secondary N) is 2. The van der Waals surface area contributed by atoms with E-state index in [1.165, 1.54) is 18.3 Å². The van der Waals surface area contributed by atoms with E-state index < -0.39 is 0 Å². The molecule has 2 fully saturated rings. The molecular weight excluding hydrogens is 440 g/mol. The Balaban J connectivity index is 1.53. The molecule has 2 N–H and O–H groups in total. The maximum Gasteiger partial charge on any atom is 0.258 e. The number of rotatable bonds is 6. The molecule has 0 spiro atoms. The van der Waals surface area contributed by atoms with Gasteiger partial charge in [0.05, 0.1) is 39.7 Å². The number of fused-ring (bicyclic) bond motifs is 1. The first kappa shape index (κ1) is 21.5. The van der Waals surface area contributed by atoms with Crippen molar-refractivity contribution in [3.8, 4) is 16.6 Å². The van der Waals surface area contributed by atoms with Gasteiger partial charge in [-0.1, -0.05) is 11.3 Å². The summed E-state index contributed by atoms with van der Waals surface area (Å²) in [5.74, 6) is -0.517. The number of anilines is 2. The lowest BCUT2D eigenvalue weighted by Crippen LogP contribution is -2.35. The Morgan fingerprint density at radius 3 is 2.70 bits per heavy atom. The fourth-order valence-corrected chi connectivity index (χ4v) is 5.38. The number of hydrogen-bond acceptors (Lipinski definition) is 7. The van der Waals surface area contributed by atoms with Crippen molar-refractivity contribution in [2.45, 2.75) is 52.6 Å². The van der Waals surface area contributed by atoms with E-state index in [9.17, 15) is 14.4 Å². The fourth-order valence-electron chi connectivity index (χ4n) is 4.40. The molecule has 2 saturated carbocycles. The number of carbonyl (C=O) groups excluding carboxylic acids is 3. The number of hydrogen-bond donors (Lipinski definition) is 2. The van der Waals surface area contributed by atoms with Gasteiger partial charge >= 0.3 is 0 Å². The summed E-state index contributed by atoms with van der Waals surface area (Å²) in [6.45, 7) is 5.79. The van der Waals surface area contributed by atoms with E-state index in [0.29, 0.717) is 41.0 Å². The van der Waals surface area contributed by atoms with E-state index >= 15 is 0 Å². The SMILES string of the molecule is CC(=O)Nc1nc(C)c(-c2cc3c(c(NC(=O)C4CC4C#N)n2)C(=O)N(C(C)C2CC2)C3)s1. The maximum atomic E-state index is 13.3. The van der Waals surface area contributed by atoms with Crippen LogP contribution in [-0.4, -0.2) is 38.6 Å². The molecule has 5 rings (SSSR count). The Bertz CT molecular complexity index is 1230. The topological polar surface area (TPSA) is 128 Å². The molecule has 3 heterocycles. The quantitative estimate of drug-likeness (QED) is 0.675. The second-order valence-electron chi connectivity index (χ2n) is 9.08. The van der Waals surface area contributed by atoms with Crippen LogP contribution in [0.3, 0.4) is 0 Å². The van der Waals surface area contributed by atoms with E-state index in [4.69, 9.17) is 5.26 Å². The minimum absolute atomic E-state index is 0.119. The van der Waals surface area contributed by atoms with E-state index in [2.05, 4.69) is 33.6 Å². The van der Waals surface area contributed by atoms with Crippen molar-refractivity contribution in [1.82, 2.24) is 14.9 Å². The molecule has 0 bridgehead atoms. The highest BCUT2D eigenvalue weighted by Crippen LogP contribution is 2.43. The normalized spacial score (nSPS) is 21.9. The van der Waals surface area contributed by atoms with Gasteiger partial charge in [-0.2, -0.15) is 5.26 Å². The van der Waals surface area contributed by atoms with E-state index in [0.717, 1.165) is 23.3 Å². The molecule has 0 radical (unpaired) electrons. The Hall–Kier alpha value is -3.32. The Labute approximate surface area is 195 Å². The van der Waals surface area contributed by atoms with Crippen LogP contribution < -0.4 is 10.6 Å². The third-order valence-corrected chi connectivity index (χ3v) is 7.65. The van der Waals surface area contributed by atoms with Crippen LogP contribution in [0.2, 0.25) is 0 Å². The summed E-state index contributed by atoms with van der Waals surface area (Å²) in [7, 11) is 0. The molecule has 33 heavy (non-hydrogen) atoms. The monoisotopic (exact) mass is 464 g/mol. The van der Waals surface area contributed by atoms with Gasteiger partial charge in [-0.25, -0.2) is 9.97 Å². The average molecular weight is 465 g/mol. The Kier molecular flexibility index (Phi) is 5.16. The van der Waals surface area contributed by atoms with Gasteiger partial charge in [-0.15, -0.1) is 0 Å². The molecule has 3 aliphatic rings. The molecule has 0 aromatic carbocycles. The third kappa shape index (κ3) is 3.97. The zero-order valence-electron chi connectivity index (χ0n) is 18.6. The van der Waals surface area contributed by atoms with Crippen molar-refractivity contribution >= 4 is 40.0 Å². The molecule has 9 nitrogen and oxygen atoms in total. The Morgan fingerprint density at radius 1 is 1.30 bits per heavy atom. The van der Waals surface area contributed by atoms with Crippen molar-refractivity contribution in [1.29, 1.82) is 5.26 Å². The van der Waals surface area contributed by atoms with Crippen LogP contribution in [0.15, 0.2) is 6.07 Å². The van der Waals surface area contributed by atoms with Crippen molar-refractivity contribution in [3.63, 3.8) is 0 Å².